The minimum Gasteiger partial charge on any atom is -0.435 e. The van der Waals surface area contributed by atoms with Crippen molar-refractivity contribution in [3.8, 4) is 11.8 Å². The molecular formula is C23H16N2O4S. The van der Waals surface area contributed by atoms with Gasteiger partial charge in [0.15, 0.2) is 5.58 Å². The van der Waals surface area contributed by atoms with Crippen molar-refractivity contribution in [3.05, 3.63) is 89.8 Å². The second kappa shape index (κ2) is 7.85. The minimum absolute atomic E-state index is 0.0831. The van der Waals surface area contributed by atoms with Gasteiger partial charge < -0.3 is 8.60 Å². The van der Waals surface area contributed by atoms with E-state index in [0.29, 0.717) is 16.7 Å². The lowest BCUT2D eigenvalue weighted by Crippen LogP contribution is -2.09. The summed E-state index contributed by atoms with van der Waals surface area (Å²) in [5.74, 6) is 0.397. The van der Waals surface area contributed by atoms with Crippen molar-refractivity contribution in [1.29, 1.82) is 5.26 Å². The van der Waals surface area contributed by atoms with Crippen LogP contribution in [0.15, 0.2) is 82.1 Å². The van der Waals surface area contributed by atoms with E-state index in [0.717, 1.165) is 5.56 Å². The molecule has 0 spiro atoms. The lowest BCUT2D eigenvalue weighted by molar-refractivity contribution is 0.486. The normalized spacial score (nSPS) is 11.9. The minimum atomic E-state index is -3.92. The van der Waals surface area contributed by atoms with Crippen LogP contribution in [0.5, 0.6) is 5.75 Å². The monoisotopic (exact) mass is 416 g/mol. The Morgan fingerprint density at radius 3 is 2.40 bits per heavy atom. The molecule has 0 saturated carbocycles. The molecule has 0 amide bonds. The number of hydrogen-bond acceptors (Lipinski definition) is 6. The Kier molecular flexibility index (Phi) is 5.09. The first-order valence-electron chi connectivity index (χ1n) is 9.03. The van der Waals surface area contributed by atoms with Gasteiger partial charge in [0.2, 0.25) is 5.89 Å². The Hall–Kier alpha value is -3.89. The largest absolute Gasteiger partial charge is 0.435 e. The molecule has 0 aliphatic heterocycles. The molecule has 0 aliphatic rings. The molecule has 148 valence electrons. The van der Waals surface area contributed by atoms with E-state index in [9.17, 15) is 13.7 Å². The summed E-state index contributed by atoms with van der Waals surface area (Å²) in [6, 6.07) is 22.1. The molecule has 0 radical (unpaired) electrons. The number of aromatic nitrogens is 1. The third-order valence-electron chi connectivity index (χ3n) is 4.35. The van der Waals surface area contributed by atoms with Gasteiger partial charge in [-0.2, -0.15) is 13.7 Å². The molecule has 4 rings (SSSR count). The quantitative estimate of drug-likeness (QED) is 0.337. The molecule has 0 fully saturated rings. The second-order valence-corrected chi connectivity index (χ2v) is 8.12. The number of aryl methyl sites for hydroxylation is 1. The molecule has 30 heavy (non-hydrogen) atoms. The van der Waals surface area contributed by atoms with Crippen LogP contribution in [0.2, 0.25) is 0 Å². The van der Waals surface area contributed by atoms with Gasteiger partial charge in [0.05, 0.1) is 0 Å². The number of oxazole rings is 1. The average Bonchev–Trinajstić information content (AvgIpc) is 3.17. The Morgan fingerprint density at radius 2 is 1.73 bits per heavy atom. The number of nitriles is 1. The number of rotatable bonds is 5. The summed E-state index contributed by atoms with van der Waals surface area (Å²) in [4.78, 5) is 4.41. The van der Waals surface area contributed by atoms with Crippen LogP contribution in [0.1, 0.15) is 17.0 Å². The van der Waals surface area contributed by atoms with E-state index in [-0.39, 0.29) is 22.1 Å². The van der Waals surface area contributed by atoms with Crippen LogP contribution in [-0.4, -0.2) is 13.4 Å². The third kappa shape index (κ3) is 4.09. The van der Waals surface area contributed by atoms with Gasteiger partial charge in [0, 0.05) is 0 Å². The standard InChI is InChI=1S/C23H16N2O4S/c1-16-6-12-20(13-7-16)30(26,27)29-19-10-8-17(9-11-19)14-18(15-24)23-25-21-4-2-3-5-22(21)28-23/h2-14H,1H3/b18-14+. The molecule has 1 heterocycles. The average molecular weight is 416 g/mol. The maximum atomic E-state index is 12.4. The van der Waals surface area contributed by atoms with Gasteiger partial charge in [0.1, 0.15) is 27.8 Å². The maximum Gasteiger partial charge on any atom is 0.339 e. The van der Waals surface area contributed by atoms with Crippen molar-refractivity contribution in [2.24, 2.45) is 0 Å². The molecule has 0 aliphatic carbocycles. The van der Waals surface area contributed by atoms with Crippen molar-refractivity contribution in [3.63, 3.8) is 0 Å². The number of nitrogens with zero attached hydrogens (tertiary/aromatic N) is 2. The van der Waals surface area contributed by atoms with Crippen molar-refractivity contribution in [2.75, 3.05) is 0 Å². The molecule has 1 aromatic heterocycles. The van der Waals surface area contributed by atoms with Gasteiger partial charge in [-0.05, 0) is 55.0 Å². The first-order valence-corrected chi connectivity index (χ1v) is 10.4. The van der Waals surface area contributed by atoms with Crippen LogP contribution in [0, 0.1) is 18.3 Å². The highest BCUT2D eigenvalue weighted by molar-refractivity contribution is 7.87. The zero-order chi connectivity index (χ0) is 21.1. The molecule has 0 bridgehead atoms. The molecule has 0 atom stereocenters. The summed E-state index contributed by atoms with van der Waals surface area (Å²) in [6.07, 6.45) is 1.61. The lowest BCUT2D eigenvalue weighted by atomic mass is 10.1. The second-order valence-electron chi connectivity index (χ2n) is 6.58. The summed E-state index contributed by atoms with van der Waals surface area (Å²) < 4.78 is 35.6. The van der Waals surface area contributed by atoms with Crippen molar-refractivity contribution < 1.29 is 17.0 Å². The van der Waals surface area contributed by atoms with Gasteiger partial charge in [-0.1, -0.05) is 42.0 Å². The van der Waals surface area contributed by atoms with Crippen LogP contribution < -0.4 is 4.18 Å². The van der Waals surface area contributed by atoms with E-state index in [2.05, 4.69) is 11.1 Å². The lowest BCUT2D eigenvalue weighted by Gasteiger charge is -2.07. The van der Waals surface area contributed by atoms with E-state index in [1.54, 1.807) is 42.5 Å². The summed E-state index contributed by atoms with van der Waals surface area (Å²) in [7, 11) is -3.92. The Bertz CT molecular complexity index is 1340. The van der Waals surface area contributed by atoms with Gasteiger partial charge in [-0.15, -0.1) is 0 Å². The highest BCUT2D eigenvalue weighted by atomic mass is 32.2. The summed E-state index contributed by atoms with van der Waals surface area (Å²) in [5.41, 5.74) is 3.15. The predicted octanol–water partition coefficient (Wildman–Crippen LogP) is 4.97. The van der Waals surface area contributed by atoms with E-state index >= 15 is 0 Å². The fourth-order valence-electron chi connectivity index (χ4n) is 2.80. The fraction of sp³-hybridized carbons (Fsp3) is 0.0435. The molecule has 0 N–H and O–H groups in total. The van der Waals surface area contributed by atoms with E-state index < -0.39 is 10.1 Å². The van der Waals surface area contributed by atoms with Gasteiger partial charge in [0.25, 0.3) is 0 Å². The van der Waals surface area contributed by atoms with Gasteiger partial charge >= 0.3 is 10.1 Å². The number of para-hydroxylation sites is 2. The smallest absolute Gasteiger partial charge is 0.339 e. The zero-order valence-corrected chi connectivity index (χ0v) is 16.8. The topological polar surface area (TPSA) is 93.2 Å². The van der Waals surface area contributed by atoms with Crippen LogP contribution in [0.4, 0.5) is 0 Å². The SMILES string of the molecule is Cc1ccc(S(=O)(=O)Oc2ccc(/C=C(\C#N)c3nc4ccccc4o3)cc2)cc1. The van der Waals surface area contributed by atoms with Crippen LogP contribution >= 0.6 is 0 Å². The first-order chi connectivity index (χ1) is 14.4. The van der Waals surface area contributed by atoms with Crippen LogP contribution in [0.3, 0.4) is 0 Å². The van der Waals surface area contributed by atoms with Gasteiger partial charge in [-0.25, -0.2) is 4.98 Å². The van der Waals surface area contributed by atoms with E-state index in [4.69, 9.17) is 8.60 Å². The fourth-order valence-corrected chi connectivity index (χ4v) is 3.73. The molecule has 7 heteroatoms. The van der Waals surface area contributed by atoms with Crippen molar-refractivity contribution >= 4 is 32.9 Å². The number of benzene rings is 3. The molecule has 4 aromatic rings. The Labute approximate surface area is 173 Å². The number of hydrogen-bond donors (Lipinski definition) is 0. The summed E-state index contributed by atoms with van der Waals surface area (Å²) >= 11 is 0. The molecular weight excluding hydrogens is 400 g/mol. The molecule has 3 aromatic carbocycles. The first kappa shape index (κ1) is 19.4. The van der Waals surface area contributed by atoms with E-state index in [1.807, 2.05) is 19.1 Å². The zero-order valence-electron chi connectivity index (χ0n) is 15.9. The highest BCUT2D eigenvalue weighted by Gasteiger charge is 2.16. The summed E-state index contributed by atoms with van der Waals surface area (Å²) in [6.45, 7) is 1.87. The number of fused-ring (bicyclic) bond motifs is 1. The van der Waals surface area contributed by atoms with Crippen molar-refractivity contribution in [2.45, 2.75) is 11.8 Å². The van der Waals surface area contributed by atoms with Crippen LogP contribution in [-0.2, 0) is 10.1 Å². The van der Waals surface area contributed by atoms with Crippen molar-refractivity contribution in [1.82, 2.24) is 4.98 Å². The predicted molar refractivity (Wildman–Crippen MR) is 113 cm³/mol. The third-order valence-corrected chi connectivity index (χ3v) is 5.61. The Balaban J connectivity index is 1.56. The summed E-state index contributed by atoms with van der Waals surface area (Å²) in [5, 5.41) is 9.50. The molecule has 0 unspecified atom stereocenters. The highest BCUT2D eigenvalue weighted by Crippen LogP contribution is 2.24. The van der Waals surface area contributed by atoms with Crippen LogP contribution in [0.25, 0.3) is 22.7 Å². The molecule has 0 saturated heterocycles. The molecule has 6 nitrogen and oxygen atoms in total. The number of allylic oxidation sites excluding steroid dienone is 1. The Morgan fingerprint density at radius 1 is 1.03 bits per heavy atom. The maximum absolute atomic E-state index is 12.4. The van der Waals surface area contributed by atoms with E-state index in [1.165, 1.54) is 24.3 Å². The van der Waals surface area contributed by atoms with Gasteiger partial charge in [-0.3, -0.25) is 0 Å².